The zero-order valence-corrected chi connectivity index (χ0v) is 36.8. The maximum absolute atomic E-state index is 12.7. The molecule has 0 saturated carbocycles. The number of likely N-dealkylation sites (N-methyl/N-ethyl adjacent to an activating group) is 1. The number of carboxylic acids is 1. The van der Waals surface area contributed by atoms with Crippen molar-refractivity contribution in [3.05, 3.63) is 0 Å². The molecule has 0 N–H and O–H groups in total. The first-order chi connectivity index (χ1) is 26.6. The van der Waals surface area contributed by atoms with Gasteiger partial charge in [0.05, 0.1) is 40.3 Å². The number of esters is 2. The average molecular weight is 784 g/mol. The van der Waals surface area contributed by atoms with Crippen LogP contribution in [0.15, 0.2) is 0 Å². The molecule has 55 heavy (non-hydrogen) atoms. The van der Waals surface area contributed by atoms with Crippen LogP contribution in [0, 0.1) is 0 Å². The fraction of sp³-hybridized carbons (Fsp3) is 0.935. The van der Waals surface area contributed by atoms with Crippen molar-refractivity contribution in [2.75, 3.05) is 47.5 Å². The molecule has 0 aliphatic heterocycles. The van der Waals surface area contributed by atoms with Gasteiger partial charge in [-0.3, -0.25) is 9.59 Å². The van der Waals surface area contributed by atoms with Crippen LogP contribution in [0.3, 0.4) is 0 Å². The van der Waals surface area contributed by atoms with Gasteiger partial charge < -0.3 is 33.3 Å². The molecule has 0 rings (SSSR count). The summed E-state index contributed by atoms with van der Waals surface area (Å²) < 4.78 is 22.6. The molecule has 9 nitrogen and oxygen atoms in total. The van der Waals surface area contributed by atoms with Crippen molar-refractivity contribution in [2.45, 2.75) is 232 Å². The molecule has 0 aliphatic rings. The zero-order chi connectivity index (χ0) is 40.7. The summed E-state index contributed by atoms with van der Waals surface area (Å²) in [4.78, 5) is 36.9. The van der Waals surface area contributed by atoms with Crippen molar-refractivity contribution in [3.63, 3.8) is 0 Å². The number of carbonyl (C=O) groups excluding carboxylic acids is 3. The number of rotatable bonds is 43. The minimum atomic E-state index is -1.61. The second-order valence-corrected chi connectivity index (χ2v) is 17.1. The second-order valence-electron chi connectivity index (χ2n) is 17.1. The van der Waals surface area contributed by atoms with E-state index in [-0.39, 0.29) is 32.2 Å². The van der Waals surface area contributed by atoms with E-state index in [0.29, 0.717) is 17.4 Å². The van der Waals surface area contributed by atoms with Gasteiger partial charge in [-0.15, -0.1) is 0 Å². The lowest BCUT2D eigenvalue weighted by molar-refractivity contribution is -0.870. The van der Waals surface area contributed by atoms with E-state index in [2.05, 4.69) is 13.8 Å². The van der Waals surface area contributed by atoms with Crippen molar-refractivity contribution in [2.24, 2.45) is 0 Å². The van der Waals surface area contributed by atoms with E-state index in [1.54, 1.807) is 0 Å². The molecule has 0 spiro atoms. The van der Waals surface area contributed by atoms with Crippen LogP contribution in [0.4, 0.5) is 0 Å². The fourth-order valence-corrected chi connectivity index (χ4v) is 6.71. The third-order valence-corrected chi connectivity index (χ3v) is 10.4. The number of aliphatic carboxylic acids is 1. The summed E-state index contributed by atoms with van der Waals surface area (Å²) in [6, 6.07) is 0. The molecule has 0 aromatic heterocycles. The van der Waals surface area contributed by atoms with Crippen LogP contribution in [0.2, 0.25) is 0 Å². The second kappa shape index (κ2) is 39.1. The monoisotopic (exact) mass is 784 g/mol. The molecule has 0 amide bonds. The molecule has 0 bridgehead atoms. The van der Waals surface area contributed by atoms with Crippen LogP contribution >= 0.6 is 0 Å². The molecule has 0 fully saturated rings. The van der Waals surface area contributed by atoms with Crippen molar-refractivity contribution in [1.29, 1.82) is 0 Å². The number of carboxylic acid groups (broad SMARTS) is 1. The lowest BCUT2D eigenvalue weighted by Crippen LogP contribution is -2.44. The minimum absolute atomic E-state index is 0.153. The number of carbonyl (C=O) groups is 3. The van der Waals surface area contributed by atoms with Gasteiger partial charge >= 0.3 is 11.9 Å². The van der Waals surface area contributed by atoms with E-state index in [9.17, 15) is 19.5 Å². The lowest BCUT2D eigenvalue weighted by Gasteiger charge is -2.26. The van der Waals surface area contributed by atoms with Gasteiger partial charge in [-0.05, 0) is 12.8 Å². The topological polar surface area (TPSA) is 111 Å². The smallest absolute Gasteiger partial charge is 0.306 e. The van der Waals surface area contributed by atoms with E-state index in [1.165, 1.54) is 154 Å². The molecule has 0 aliphatic carbocycles. The quantitative estimate of drug-likeness (QED) is 0.0260. The Morgan fingerprint density at radius 1 is 0.473 bits per heavy atom. The third kappa shape index (κ3) is 40.3. The third-order valence-electron chi connectivity index (χ3n) is 10.4. The molecule has 2 unspecified atom stereocenters. The van der Waals surface area contributed by atoms with Crippen LogP contribution < -0.4 is 5.11 Å². The Morgan fingerprint density at radius 2 is 0.818 bits per heavy atom. The van der Waals surface area contributed by atoms with Gasteiger partial charge in [0, 0.05) is 12.8 Å². The number of nitrogens with zero attached hydrogens (tertiary/aromatic N) is 1. The van der Waals surface area contributed by atoms with Crippen LogP contribution in [-0.4, -0.2) is 82.3 Å². The predicted molar refractivity (Wildman–Crippen MR) is 224 cm³/mol. The molecule has 0 aromatic carbocycles. The molecule has 0 saturated heterocycles. The van der Waals surface area contributed by atoms with Gasteiger partial charge in [0.2, 0.25) is 0 Å². The van der Waals surface area contributed by atoms with Gasteiger partial charge in [0.15, 0.2) is 12.4 Å². The fourth-order valence-electron chi connectivity index (χ4n) is 6.71. The number of ether oxygens (including phenoxy) is 4. The number of unbranched alkanes of at least 4 members (excludes halogenated alkanes) is 28. The summed E-state index contributed by atoms with van der Waals surface area (Å²) in [5.74, 6) is -2.27. The minimum Gasteiger partial charge on any atom is -0.545 e. The highest BCUT2D eigenvalue weighted by atomic mass is 16.7. The van der Waals surface area contributed by atoms with Crippen molar-refractivity contribution in [1.82, 2.24) is 0 Å². The maximum atomic E-state index is 12.7. The summed E-state index contributed by atoms with van der Waals surface area (Å²) in [6.07, 6.45) is 35.6. The first-order valence-corrected chi connectivity index (χ1v) is 23.2. The lowest BCUT2D eigenvalue weighted by atomic mass is 10.0. The maximum Gasteiger partial charge on any atom is 0.306 e. The Hall–Kier alpha value is -1.71. The Bertz CT molecular complexity index is 876. The SMILES string of the molecule is CCCCCCCCCCCCCCCCCCCCCC(=O)OC(COC(=O)CCCCCCCCCCCCC)COC(OCC[N+](C)(C)C)C(=O)[O-]. The summed E-state index contributed by atoms with van der Waals surface area (Å²) in [5, 5.41) is 11.7. The van der Waals surface area contributed by atoms with Gasteiger partial charge in [0.1, 0.15) is 13.2 Å². The van der Waals surface area contributed by atoms with E-state index in [1.807, 2.05) is 21.1 Å². The summed E-state index contributed by atoms with van der Waals surface area (Å²) in [5.41, 5.74) is 0. The van der Waals surface area contributed by atoms with E-state index in [0.717, 1.165) is 38.5 Å². The normalized spacial score (nSPS) is 12.8. The number of quaternary nitrogens is 1. The number of hydrogen-bond acceptors (Lipinski definition) is 8. The molecular formula is C46H89NO8. The zero-order valence-electron chi connectivity index (χ0n) is 36.8. The van der Waals surface area contributed by atoms with E-state index in [4.69, 9.17) is 18.9 Å². The standard InChI is InChI=1S/C46H89NO8/c1-6-8-10-12-14-16-18-19-20-21-22-23-24-25-27-29-31-33-35-37-44(49)55-42(41-54-46(45(50)51)52-39-38-47(3,4)5)40-53-43(48)36-34-32-30-28-26-17-15-13-11-9-7-2/h42,46H,6-41H2,1-5H3. The highest BCUT2D eigenvalue weighted by Crippen LogP contribution is 2.16. The first-order valence-electron chi connectivity index (χ1n) is 23.2. The van der Waals surface area contributed by atoms with Crippen molar-refractivity contribution >= 4 is 17.9 Å². The van der Waals surface area contributed by atoms with Gasteiger partial charge in [0.25, 0.3) is 0 Å². The molecule has 9 heteroatoms. The van der Waals surface area contributed by atoms with Crippen LogP contribution in [0.1, 0.15) is 219 Å². The van der Waals surface area contributed by atoms with Crippen LogP contribution in [0.5, 0.6) is 0 Å². The summed E-state index contributed by atoms with van der Waals surface area (Å²) >= 11 is 0. The molecule has 2 atom stereocenters. The van der Waals surface area contributed by atoms with E-state index < -0.39 is 24.3 Å². The summed E-state index contributed by atoms with van der Waals surface area (Å²) in [6.45, 7) is 4.76. The molecule has 0 radical (unpaired) electrons. The largest absolute Gasteiger partial charge is 0.545 e. The highest BCUT2D eigenvalue weighted by Gasteiger charge is 2.21. The van der Waals surface area contributed by atoms with Crippen LogP contribution in [0.25, 0.3) is 0 Å². The Kier molecular flexibility index (Phi) is 37.9. The Labute approximate surface area is 339 Å². The predicted octanol–water partition coefficient (Wildman–Crippen LogP) is 10.8. The van der Waals surface area contributed by atoms with Gasteiger partial charge in [-0.2, -0.15) is 0 Å². The summed E-state index contributed by atoms with van der Waals surface area (Å²) in [7, 11) is 5.92. The first kappa shape index (κ1) is 53.3. The molecule has 0 heterocycles. The van der Waals surface area contributed by atoms with Gasteiger partial charge in [-0.25, -0.2) is 0 Å². The average Bonchev–Trinajstić information content (AvgIpc) is 3.14. The molecule has 0 aromatic rings. The van der Waals surface area contributed by atoms with Crippen LogP contribution in [-0.2, 0) is 33.3 Å². The van der Waals surface area contributed by atoms with Gasteiger partial charge in [-0.1, -0.05) is 194 Å². The highest BCUT2D eigenvalue weighted by molar-refractivity contribution is 5.70. The van der Waals surface area contributed by atoms with Crippen molar-refractivity contribution in [3.8, 4) is 0 Å². The van der Waals surface area contributed by atoms with Crippen molar-refractivity contribution < 1.29 is 42.9 Å². The molecule has 326 valence electrons. The molecular weight excluding hydrogens is 695 g/mol. The Morgan fingerprint density at radius 3 is 1.16 bits per heavy atom. The number of hydrogen-bond donors (Lipinski definition) is 0. The Balaban J connectivity index is 4.33. The van der Waals surface area contributed by atoms with E-state index >= 15 is 0 Å².